The lowest BCUT2D eigenvalue weighted by atomic mass is 10.1. The number of carboxylic acids is 1. The van der Waals surface area contributed by atoms with E-state index in [0.29, 0.717) is 4.88 Å². The third-order valence-corrected chi connectivity index (χ3v) is 4.78. The van der Waals surface area contributed by atoms with Crippen molar-refractivity contribution < 1.29 is 9.90 Å². The molecule has 2 heterocycles. The van der Waals surface area contributed by atoms with Crippen molar-refractivity contribution in [3.8, 4) is 11.3 Å². The van der Waals surface area contributed by atoms with Crippen LogP contribution in [0.25, 0.3) is 16.2 Å². The summed E-state index contributed by atoms with van der Waals surface area (Å²) in [7, 11) is 0. The van der Waals surface area contributed by atoms with Crippen LogP contribution in [0.1, 0.15) is 20.9 Å². The summed E-state index contributed by atoms with van der Waals surface area (Å²) in [5, 5.41) is 9.03. The van der Waals surface area contributed by atoms with Crippen molar-refractivity contribution in [3.63, 3.8) is 0 Å². The molecule has 19 heavy (non-hydrogen) atoms. The van der Waals surface area contributed by atoms with E-state index in [4.69, 9.17) is 5.11 Å². The Bertz CT molecular complexity index is 850. The van der Waals surface area contributed by atoms with E-state index in [-0.39, 0.29) is 0 Å². The van der Waals surface area contributed by atoms with Gasteiger partial charge in [-0.1, -0.05) is 33.3 Å². The highest BCUT2D eigenvalue weighted by atomic mass is 79.9. The number of aromatic carboxylic acids is 1. The summed E-state index contributed by atoms with van der Waals surface area (Å²) >= 11 is 4.68. The van der Waals surface area contributed by atoms with E-state index in [2.05, 4.69) is 33.0 Å². The Kier molecular flexibility index (Phi) is 2.17. The van der Waals surface area contributed by atoms with Gasteiger partial charge < -0.3 is 5.11 Å². The lowest BCUT2D eigenvalue weighted by Gasteiger charge is -1.98. The van der Waals surface area contributed by atoms with Gasteiger partial charge in [-0.15, -0.1) is 0 Å². The van der Waals surface area contributed by atoms with Gasteiger partial charge in [-0.2, -0.15) is 0 Å². The van der Waals surface area contributed by atoms with Crippen LogP contribution in [0.3, 0.4) is 0 Å². The number of halogens is 1. The van der Waals surface area contributed by atoms with Crippen LogP contribution in [0.15, 0.2) is 28.9 Å². The number of thiazole rings is 1. The summed E-state index contributed by atoms with van der Waals surface area (Å²) in [5.41, 5.74) is 4.42. The van der Waals surface area contributed by atoms with Crippen molar-refractivity contribution in [2.45, 2.75) is 6.42 Å². The molecule has 4 nitrogen and oxygen atoms in total. The lowest BCUT2D eigenvalue weighted by Crippen LogP contribution is -1.92. The first kappa shape index (κ1) is 11.2. The maximum Gasteiger partial charge on any atom is 0.347 e. The van der Waals surface area contributed by atoms with Crippen LogP contribution in [0, 0.1) is 0 Å². The van der Waals surface area contributed by atoms with Gasteiger partial charge in [0, 0.05) is 22.7 Å². The zero-order valence-corrected chi connectivity index (χ0v) is 12.0. The zero-order chi connectivity index (χ0) is 13.1. The predicted molar refractivity (Wildman–Crippen MR) is 76.0 cm³/mol. The van der Waals surface area contributed by atoms with Crippen molar-refractivity contribution in [1.29, 1.82) is 0 Å². The number of hydrogen-bond donors (Lipinski definition) is 1. The fourth-order valence-corrected chi connectivity index (χ4v) is 3.74. The highest BCUT2D eigenvalue weighted by Crippen LogP contribution is 2.39. The number of fused-ring (bicyclic) bond motifs is 5. The van der Waals surface area contributed by atoms with Gasteiger partial charge in [0.25, 0.3) is 0 Å². The third-order valence-electron chi connectivity index (χ3n) is 3.32. The van der Waals surface area contributed by atoms with Gasteiger partial charge in [0.1, 0.15) is 4.88 Å². The number of aromatic nitrogens is 2. The molecule has 0 aliphatic heterocycles. The summed E-state index contributed by atoms with van der Waals surface area (Å²) in [4.78, 5) is 16.6. The Labute approximate surface area is 120 Å². The summed E-state index contributed by atoms with van der Waals surface area (Å²) in [6.45, 7) is 0. The Morgan fingerprint density at radius 3 is 3.11 bits per heavy atom. The molecule has 1 aliphatic carbocycles. The van der Waals surface area contributed by atoms with E-state index in [1.54, 1.807) is 6.20 Å². The van der Waals surface area contributed by atoms with Crippen molar-refractivity contribution in [2.24, 2.45) is 0 Å². The number of benzene rings is 1. The molecule has 0 saturated heterocycles. The molecule has 1 aliphatic rings. The Hall–Kier alpha value is -1.66. The molecule has 1 aromatic carbocycles. The molecular weight excluding hydrogens is 328 g/mol. The lowest BCUT2D eigenvalue weighted by molar-refractivity contribution is 0.0702. The van der Waals surface area contributed by atoms with Crippen LogP contribution in [0.4, 0.5) is 0 Å². The van der Waals surface area contributed by atoms with Crippen LogP contribution >= 0.6 is 27.3 Å². The number of carbonyl (C=O) groups is 1. The SMILES string of the molecule is O=C(O)c1cn2c3c(nc2s1)-c1ccc(Br)cc1C3. The molecule has 0 amide bonds. The van der Waals surface area contributed by atoms with E-state index in [1.807, 2.05) is 10.5 Å². The van der Waals surface area contributed by atoms with Gasteiger partial charge >= 0.3 is 5.97 Å². The molecule has 0 fully saturated rings. The number of imidazole rings is 1. The predicted octanol–water partition coefficient (Wildman–Crippen LogP) is 3.43. The van der Waals surface area contributed by atoms with Gasteiger partial charge in [0.05, 0.1) is 11.4 Å². The van der Waals surface area contributed by atoms with Gasteiger partial charge in [0.2, 0.25) is 0 Å². The summed E-state index contributed by atoms with van der Waals surface area (Å²) in [6, 6.07) is 6.15. The highest BCUT2D eigenvalue weighted by molar-refractivity contribution is 9.10. The molecule has 0 spiro atoms. The molecule has 0 atom stereocenters. The number of carboxylic acid groups (broad SMARTS) is 1. The molecule has 2 aromatic heterocycles. The molecular formula is C13H7BrN2O2S. The Balaban J connectivity index is 1.96. The molecule has 0 unspecified atom stereocenters. The van der Waals surface area contributed by atoms with E-state index < -0.39 is 5.97 Å². The Morgan fingerprint density at radius 1 is 1.47 bits per heavy atom. The molecule has 4 rings (SSSR count). The second kappa shape index (κ2) is 3.68. The van der Waals surface area contributed by atoms with Gasteiger partial charge in [-0.05, 0) is 17.7 Å². The van der Waals surface area contributed by atoms with E-state index >= 15 is 0 Å². The fraction of sp³-hybridized carbons (Fsp3) is 0.0769. The van der Waals surface area contributed by atoms with Crippen LogP contribution in [-0.4, -0.2) is 20.5 Å². The second-order valence-corrected chi connectivity index (χ2v) is 6.36. The van der Waals surface area contributed by atoms with Gasteiger partial charge in [-0.25, -0.2) is 9.78 Å². The van der Waals surface area contributed by atoms with Crippen LogP contribution < -0.4 is 0 Å². The summed E-state index contributed by atoms with van der Waals surface area (Å²) < 4.78 is 2.95. The maximum atomic E-state index is 11.0. The Morgan fingerprint density at radius 2 is 2.32 bits per heavy atom. The molecule has 0 radical (unpaired) electrons. The third kappa shape index (κ3) is 1.50. The second-order valence-electron chi connectivity index (χ2n) is 4.44. The number of hydrogen-bond acceptors (Lipinski definition) is 3. The topological polar surface area (TPSA) is 54.6 Å². The van der Waals surface area contributed by atoms with Crippen molar-refractivity contribution in [2.75, 3.05) is 0 Å². The molecule has 6 heteroatoms. The molecule has 0 saturated carbocycles. The maximum absolute atomic E-state index is 11.0. The van der Waals surface area contributed by atoms with Gasteiger partial charge in [0.15, 0.2) is 4.96 Å². The highest BCUT2D eigenvalue weighted by Gasteiger charge is 2.26. The van der Waals surface area contributed by atoms with Crippen LogP contribution in [0.2, 0.25) is 0 Å². The normalized spacial score (nSPS) is 12.7. The van der Waals surface area contributed by atoms with Crippen LogP contribution in [-0.2, 0) is 6.42 Å². The first-order valence-corrected chi connectivity index (χ1v) is 7.27. The zero-order valence-electron chi connectivity index (χ0n) is 9.55. The number of nitrogens with zero attached hydrogens (tertiary/aromatic N) is 2. The smallest absolute Gasteiger partial charge is 0.347 e. The minimum Gasteiger partial charge on any atom is -0.477 e. The molecule has 3 aromatic rings. The summed E-state index contributed by atoms with van der Waals surface area (Å²) in [5.74, 6) is -0.900. The standard InChI is InChI=1S/C13H7BrN2O2S/c14-7-1-2-8-6(3-7)4-9-11(8)15-13-16(9)5-10(19-13)12(17)18/h1-3,5H,4H2,(H,17,18). The van der Waals surface area contributed by atoms with Crippen molar-refractivity contribution in [1.82, 2.24) is 9.38 Å². The first-order chi connectivity index (χ1) is 9.13. The summed E-state index contributed by atoms with van der Waals surface area (Å²) in [6.07, 6.45) is 2.45. The fourth-order valence-electron chi connectivity index (χ4n) is 2.49. The quantitative estimate of drug-likeness (QED) is 0.580. The minimum atomic E-state index is -0.900. The monoisotopic (exact) mass is 334 g/mol. The van der Waals surface area contributed by atoms with Gasteiger partial charge in [-0.3, -0.25) is 4.40 Å². The molecule has 1 N–H and O–H groups in total. The van der Waals surface area contributed by atoms with E-state index in [0.717, 1.165) is 32.8 Å². The van der Waals surface area contributed by atoms with Crippen LogP contribution in [0.5, 0.6) is 0 Å². The van der Waals surface area contributed by atoms with Crippen molar-refractivity contribution in [3.05, 3.63) is 45.0 Å². The average molecular weight is 335 g/mol. The molecule has 0 bridgehead atoms. The first-order valence-electron chi connectivity index (χ1n) is 5.66. The molecule has 94 valence electrons. The average Bonchev–Trinajstić information content (AvgIpc) is 2.97. The largest absolute Gasteiger partial charge is 0.477 e. The minimum absolute atomic E-state index is 0.322. The number of rotatable bonds is 1. The van der Waals surface area contributed by atoms with E-state index in [1.165, 1.54) is 16.9 Å². The van der Waals surface area contributed by atoms with E-state index in [9.17, 15) is 4.79 Å². The van der Waals surface area contributed by atoms with Crippen molar-refractivity contribution >= 4 is 38.2 Å².